The summed E-state index contributed by atoms with van der Waals surface area (Å²) >= 11 is 1.25. The van der Waals surface area contributed by atoms with Crippen molar-refractivity contribution in [2.24, 2.45) is 0 Å². The summed E-state index contributed by atoms with van der Waals surface area (Å²) < 4.78 is 10.2. The highest BCUT2D eigenvalue weighted by Gasteiger charge is 2.21. The number of benzene rings is 1. The molecule has 3 rings (SSSR count). The van der Waals surface area contributed by atoms with Gasteiger partial charge in [-0.3, -0.25) is 4.98 Å². The zero-order chi connectivity index (χ0) is 19.4. The minimum absolute atomic E-state index is 0.175. The fourth-order valence-electron chi connectivity index (χ4n) is 2.60. The van der Waals surface area contributed by atoms with Gasteiger partial charge in [-0.2, -0.15) is 0 Å². The van der Waals surface area contributed by atoms with E-state index in [0.29, 0.717) is 10.7 Å². The maximum absolute atomic E-state index is 12.4. The Hall–Kier alpha value is -3.00. The highest BCUT2D eigenvalue weighted by molar-refractivity contribution is 7.14. The third-order valence-corrected chi connectivity index (χ3v) is 4.54. The van der Waals surface area contributed by atoms with E-state index >= 15 is 0 Å². The van der Waals surface area contributed by atoms with Gasteiger partial charge in [0.2, 0.25) is 0 Å². The van der Waals surface area contributed by atoms with Crippen LogP contribution in [0.5, 0.6) is 0 Å². The van der Waals surface area contributed by atoms with Gasteiger partial charge in [-0.15, -0.1) is 11.3 Å². The number of pyridine rings is 1. The number of esters is 2. The number of rotatable bonds is 6. The molecule has 0 amide bonds. The van der Waals surface area contributed by atoms with Gasteiger partial charge in [0.05, 0.1) is 29.9 Å². The predicted molar refractivity (Wildman–Crippen MR) is 104 cm³/mol. The van der Waals surface area contributed by atoms with Gasteiger partial charge in [0.25, 0.3) is 0 Å². The SMILES string of the molecule is CCOC(=O)c1cnc2ccc(C)cc2c1Nc1scnc1C(=O)OCC. The van der Waals surface area contributed by atoms with Crippen LogP contribution in [0.25, 0.3) is 10.9 Å². The molecule has 8 heteroatoms. The average Bonchev–Trinajstić information content (AvgIpc) is 3.11. The molecular weight excluding hydrogens is 366 g/mol. The van der Waals surface area contributed by atoms with Crippen LogP contribution in [0, 0.1) is 6.92 Å². The number of aryl methyl sites for hydroxylation is 1. The van der Waals surface area contributed by atoms with Crippen molar-refractivity contribution in [3.8, 4) is 0 Å². The Bertz CT molecular complexity index is 1000. The second kappa shape index (κ2) is 8.13. The number of carbonyl (C=O) groups is 2. The molecule has 0 aliphatic rings. The van der Waals surface area contributed by atoms with E-state index in [1.165, 1.54) is 17.5 Å². The molecule has 0 fully saturated rings. The van der Waals surface area contributed by atoms with Crippen LogP contribution < -0.4 is 5.32 Å². The number of thiazole rings is 1. The molecule has 7 nitrogen and oxygen atoms in total. The summed E-state index contributed by atoms with van der Waals surface area (Å²) in [5.41, 5.74) is 4.28. The largest absolute Gasteiger partial charge is 0.462 e. The lowest BCUT2D eigenvalue weighted by Crippen LogP contribution is -2.11. The topological polar surface area (TPSA) is 90.4 Å². The summed E-state index contributed by atoms with van der Waals surface area (Å²) in [5, 5.41) is 4.43. The van der Waals surface area contributed by atoms with Gasteiger partial charge >= 0.3 is 11.9 Å². The zero-order valence-corrected chi connectivity index (χ0v) is 16.1. The Morgan fingerprint density at radius 3 is 2.59 bits per heavy atom. The molecule has 2 aromatic heterocycles. The Kier molecular flexibility index (Phi) is 5.66. The van der Waals surface area contributed by atoms with Gasteiger partial charge in [0.15, 0.2) is 5.69 Å². The number of nitrogens with zero attached hydrogens (tertiary/aromatic N) is 2. The summed E-state index contributed by atoms with van der Waals surface area (Å²) in [7, 11) is 0. The highest BCUT2D eigenvalue weighted by atomic mass is 32.1. The summed E-state index contributed by atoms with van der Waals surface area (Å²) in [4.78, 5) is 33.0. The molecule has 3 aromatic rings. The van der Waals surface area contributed by atoms with E-state index in [4.69, 9.17) is 9.47 Å². The number of hydrogen-bond donors (Lipinski definition) is 1. The molecule has 0 aliphatic carbocycles. The van der Waals surface area contributed by atoms with Crippen molar-refractivity contribution in [1.82, 2.24) is 9.97 Å². The van der Waals surface area contributed by atoms with Gasteiger partial charge in [-0.1, -0.05) is 11.6 Å². The molecule has 0 saturated heterocycles. The second-order valence-electron chi connectivity index (χ2n) is 5.66. The van der Waals surface area contributed by atoms with Gasteiger partial charge in [0.1, 0.15) is 10.6 Å². The van der Waals surface area contributed by atoms with Gasteiger partial charge < -0.3 is 14.8 Å². The number of nitrogens with one attached hydrogen (secondary N) is 1. The van der Waals surface area contributed by atoms with Crippen molar-refractivity contribution in [2.45, 2.75) is 20.8 Å². The molecule has 1 N–H and O–H groups in total. The standard InChI is InChI=1S/C19H19N3O4S/c1-4-25-18(23)13-9-20-14-7-6-11(3)8-12(14)15(13)22-17-16(21-10-27-17)19(24)26-5-2/h6-10H,4-5H2,1-3H3,(H,20,22). The van der Waals surface area contributed by atoms with Crippen molar-refractivity contribution >= 4 is 44.9 Å². The summed E-state index contributed by atoms with van der Waals surface area (Å²) in [5.74, 6) is -1.01. The van der Waals surface area contributed by atoms with E-state index in [2.05, 4.69) is 15.3 Å². The van der Waals surface area contributed by atoms with E-state index < -0.39 is 11.9 Å². The van der Waals surface area contributed by atoms with E-state index in [0.717, 1.165) is 16.5 Å². The fraction of sp³-hybridized carbons (Fsp3) is 0.263. The first-order valence-electron chi connectivity index (χ1n) is 8.49. The first-order chi connectivity index (χ1) is 13.0. The molecule has 2 heterocycles. The van der Waals surface area contributed by atoms with Crippen LogP contribution in [-0.4, -0.2) is 35.1 Å². The smallest absolute Gasteiger partial charge is 0.360 e. The third-order valence-electron chi connectivity index (χ3n) is 3.79. The Balaban J connectivity index is 2.13. The number of fused-ring (bicyclic) bond motifs is 1. The van der Waals surface area contributed by atoms with Crippen LogP contribution in [0.4, 0.5) is 10.7 Å². The third kappa shape index (κ3) is 3.90. The van der Waals surface area contributed by atoms with Gasteiger partial charge in [-0.25, -0.2) is 14.6 Å². The van der Waals surface area contributed by atoms with Crippen molar-refractivity contribution in [1.29, 1.82) is 0 Å². The predicted octanol–water partition coefficient (Wildman–Crippen LogP) is 4.10. The molecular formula is C19H19N3O4S. The second-order valence-corrected chi connectivity index (χ2v) is 6.52. The van der Waals surface area contributed by atoms with E-state index in [9.17, 15) is 9.59 Å². The van der Waals surface area contributed by atoms with Crippen LogP contribution in [0.3, 0.4) is 0 Å². The number of anilines is 2. The molecule has 0 atom stereocenters. The fourth-order valence-corrected chi connectivity index (χ4v) is 3.27. The van der Waals surface area contributed by atoms with Crippen LogP contribution in [0.2, 0.25) is 0 Å². The van der Waals surface area contributed by atoms with Crippen molar-refractivity contribution in [3.63, 3.8) is 0 Å². The van der Waals surface area contributed by atoms with Gasteiger partial charge in [0, 0.05) is 11.6 Å². The summed E-state index contributed by atoms with van der Waals surface area (Å²) in [6, 6.07) is 5.75. The van der Waals surface area contributed by atoms with Crippen molar-refractivity contribution in [3.05, 3.63) is 46.7 Å². The normalized spacial score (nSPS) is 10.6. The van der Waals surface area contributed by atoms with Crippen LogP contribution in [-0.2, 0) is 9.47 Å². The Labute approximate surface area is 160 Å². The summed E-state index contributed by atoms with van der Waals surface area (Å²) in [6.45, 7) is 5.93. The Morgan fingerprint density at radius 2 is 1.85 bits per heavy atom. The molecule has 0 aliphatic heterocycles. The van der Waals surface area contributed by atoms with Crippen molar-refractivity contribution < 1.29 is 19.1 Å². The van der Waals surface area contributed by atoms with E-state index in [1.54, 1.807) is 19.4 Å². The van der Waals surface area contributed by atoms with Crippen LogP contribution in [0.1, 0.15) is 40.3 Å². The lowest BCUT2D eigenvalue weighted by Gasteiger charge is -2.14. The average molecular weight is 385 g/mol. The molecule has 0 spiro atoms. The van der Waals surface area contributed by atoms with Crippen molar-refractivity contribution in [2.75, 3.05) is 18.5 Å². The maximum Gasteiger partial charge on any atom is 0.360 e. The number of hydrogen-bond acceptors (Lipinski definition) is 8. The molecule has 0 unspecified atom stereocenters. The Morgan fingerprint density at radius 1 is 1.11 bits per heavy atom. The molecule has 0 radical (unpaired) electrons. The number of aromatic nitrogens is 2. The number of carbonyl (C=O) groups excluding carboxylic acids is 2. The minimum atomic E-state index is -0.520. The summed E-state index contributed by atoms with van der Waals surface area (Å²) in [6.07, 6.45) is 1.48. The molecule has 27 heavy (non-hydrogen) atoms. The maximum atomic E-state index is 12.4. The molecule has 0 saturated carbocycles. The lowest BCUT2D eigenvalue weighted by atomic mass is 10.1. The van der Waals surface area contributed by atoms with E-state index in [1.807, 2.05) is 25.1 Å². The lowest BCUT2D eigenvalue weighted by molar-refractivity contribution is 0.0515. The minimum Gasteiger partial charge on any atom is -0.462 e. The van der Waals surface area contributed by atoms with Crippen LogP contribution in [0.15, 0.2) is 29.9 Å². The highest BCUT2D eigenvalue weighted by Crippen LogP contribution is 2.33. The zero-order valence-electron chi connectivity index (χ0n) is 15.2. The first-order valence-corrected chi connectivity index (χ1v) is 9.37. The molecule has 0 bridgehead atoms. The quantitative estimate of drug-likeness (QED) is 0.639. The monoisotopic (exact) mass is 385 g/mol. The first kappa shape index (κ1) is 18.8. The van der Waals surface area contributed by atoms with Gasteiger partial charge in [-0.05, 0) is 32.9 Å². The van der Waals surface area contributed by atoms with Crippen LogP contribution >= 0.6 is 11.3 Å². The molecule has 1 aromatic carbocycles. The van der Waals surface area contributed by atoms with E-state index in [-0.39, 0.29) is 24.5 Å². The molecule has 140 valence electrons. The number of ether oxygens (including phenoxy) is 2.